The number of rotatable bonds is 1. The summed E-state index contributed by atoms with van der Waals surface area (Å²) in [5.41, 5.74) is 2.26. The third kappa shape index (κ3) is 3.95. The van der Waals surface area contributed by atoms with Gasteiger partial charge in [-0.05, 0) is 38.3 Å². The molecule has 0 spiro atoms. The molecule has 0 amide bonds. The first kappa shape index (κ1) is 14.4. The maximum absolute atomic E-state index is 10.8. The second kappa shape index (κ2) is 6.28. The Kier molecular flexibility index (Phi) is 5.01. The van der Waals surface area contributed by atoms with Crippen LogP contribution in [0, 0.1) is 0 Å². The number of carbonyl (C=O) groups excluding carboxylic acids is 3. The molecule has 0 saturated heterocycles. The molecule has 0 bridgehead atoms. The topological polar surface area (TPSA) is 60.4 Å². The summed E-state index contributed by atoms with van der Waals surface area (Å²) < 4.78 is 4.60. The van der Waals surface area contributed by atoms with Gasteiger partial charge in [0.25, 0.3) is 0 Å². The van der Waals surface area contributed by atoms with E-state index < -0.39 is 5.97 Å². The fourth-order valence-corrected chi connectivity index (χ4v) is 1.74. The fourth-order valence-electron chi connectivity index (χ4n) is 1.74. The minimum atomic E-state index is -0.429. The monoisotopic (exact) mass is 250 g/mol. The van der Waals surface area contributed by atoms with Crippen molar-refractivity contribution in [3.05, 3.63) is 23.0 Å². The normalized spacial score (nSPS) is 18.5. The van der Waals surface area contributed by atoms with Crippen LogP contribution >= 0.6 is 0 Å². The lowest BCUT2D eigenvalue weighted by atomic mass is 10.2. The molecule has 0 radical (unpaired) electrons. The number of carbonyl (C=O) groups is 3. The van der Waals surface area contributed by atoms with Crippen molar-refractivity contribution in [3.63, 3.8) is 0 Å². The molecule has 0 unspecified atom stereocenters. The van der Waals surface area contributed by atoms with E-state index in [1.54, 1.807) is 6.08 Å². The van der Waals surface area contributed by atoms with Crippen LogP contribution in [0.25, 0.3) is 0 Å². The zero-order chi connectivity index (χ0) is 13.7. The summed E-state index contributed by atoms with van der Waals surface area (Å²) in [6.07, 6.45) is 4.55. The van der Waals surface area contributed by atoms with Crippen LogP contribution in [0.2, 0.25) is 0 Å². The Morgan fingerprint density at radius 3 is 2.06 bits per heavy atom. The summed E-state index contributed by atoms with van der Waals surface area (Å²) in [7, 11) is 0. The lowest BCUT2D eigenvalue weighted by molar-refractivity contribution is -0.139. The lowest BCUT2D eigenvalue weighted by Gasteiger charge is -1.97. The van der Waals surface area contributed by atoms with Gasteiger partial charge in [-0.3, -0.25) is 14.4 Å². The van der Waals surface area contributed by atoms with Crippen molar-refractivity contribution in [2.45, 2.75) is 46.5 Å². The van der Waals surface area contributed by atoms with Crippen molar-refractivity contribution >= 4 is 17.5 Å². The molecule has 0 aromatic rings. The van der Waals surface area contributed by atoms with Crippen molar-refractivity contribution in [1.82, 2.24) is 0 Å². The van der Waals surface area contributed by atoms with E-state index in [9.17, 15) is 14.4 Å². The van der Waals surface area contributed by atoms with Gasteiger partial charge in [0.2, 0.25) is 0 Å². The fraction of sp³-hybridized carbons (Fsp3) is 0.500. The van der Waals surface area contributed by atoms with Crippen LogP contribution in [0.15, 0.2) is 23.0 Å². The third-order valence-corrected chi connectivity index (χ3v) is 3.02. The van der Waals surface area contributed by atoms with Gasteiger partial charge in [-0.15, -0.1) is 0 Å². The molecule has 0 saturated carbocycles. The Bertz CT molecular complexity index is 441. The lowest BCUT2D eigenvalue weighted by Crippen LogP contribution is -2.04. The average Bonchev–Trinajstić information content (AvgIpc) is 2.81. The third-order valence-electron chi connectivity index (χ3n) is 3.02. The van der Waals surface area contributed by atoms with Gasteiger partial charge >= 0.3 is 5.97 Å². The van der Waals surface area contributed by atoms with Crippen LogP contribution in [-0.2, 0) is 19.1 Å². The molecule has 0 N–H and O–H groups in total. The van der Waals surface area contributed by atoms with Crippen LogP contribution in [0.3, 0.4) is 0 Å². The molecular formula is C14H18O4. The quantitative estimate of drug-likeness (QED) is 0.671. The van der Waals surface area contributed by atoms with Crippen molar-refractivity contribution in [2.75, 3.05) is 0 Å². The highest BCUT2D eigenvalue weighted by Gasteiger charge is 2.17. The van der Waals surface area contributed by atoms with Crippen molar-refractivity contribution in [1.29, 1.82) is 0 Å². The van der Waals surface area contributed by atoms with Gasteiger partial charge in [-0.25, -0.2) is 0 Å². The molecule has 4 nitrogen and oxygen atoms in total. The van der Waals surface area contributed by atoms with Crippen molar-refractivity contribution in [3.8, 4) is 0 Å². The summed E-state index contributed by atoms with van der Waals surface area (Å²) >= 11 is 0. The molecule has 18 heavy (non-hydrogen) atoms. The van der Waals surface area contributed by atoms with E-state index in [0.29, 0.717) is 18.6 Å². The number of ether oxygens (including phenoxy) is 1. The molecule has 4 heteroatoms. The summed E-state index contributed by atoms with van der Waals surface area (Å²) in [4.78, 5) is 31.8. The Labute approximate surface area is 107 Å². The minimum Gasteiger partial charge on any atom is -0.423 e. The van der Waals surface area contributed by atoms with Gasteiger partial charge < -0.3 is 4.74 Å². The zero-order valence-corrected chi connectivity index (χ0v) is 11.0. The van der Waals surface area contributed by atoms with Crippen molar-refractivity contribution < 1.29 is 19.1 Å². The molecule has 98 valence electrons. The first-order valence-electron chi connectivity index (χ1n) is 6.03. The van der Waals surface area contributed by atoms with E-state index in [-0.39, 0.29) is 11.5 Å². The van der Waals surface area contributed by atoms with Crippen LogP contribution in [-0.4, -0.2) is 17.5 Å². The molecule has 0 atom stereocenters. The zero-order valence-electron chi connectivity index (χ0n) is 11.0. The minimum absolute atomic E-state index is 0.0739. The van der Waals surface area contributed by atoms with Gasteiger partial charge in [0.05, 0.1) is 0 Å². The Hall–Kier alpha value is -1.71. The highest BCUT2D eigenvalue weighted by atomic mass is 16.5. The van der Waals surface area contributed by atoms with Crippen LogP contribution in [0.4, 0.5) is 0 Å². The SMILES string of the molecule is CC(=O)OC1=CCCC1=O.CC1=C(C)C(=O)CC1. The summed E-state index contributed by atoms with van der Waals surface area (Å²) in [6, 6.07) is 0. The van der Waals surface area contributed by atoms with Crippen LogP contribution in [0.1, 0.15) is 46.5 Å². The van der Waals surface area contributed by atoms with E-state index >= 15 is 0 Å². The summed E-state index contributed by atoms with van der Waals surface area (Å²) in [6.45, 7) is 5.22. The molecule has 2 aliphatic carbocycles. The first-order valence-corrected chi connectivity index (χ1v) is 6.03. The molecular weight excluding hydrogens is 232 g/mol. The van der Waals surface area contributed by atoms with Gasteiger partial charge in [0, 0.05) is 19.8 Å². The van der Waals surface area contributed by atoms with Gasteiger partial charge in [-0.1, -0.05) is 5.57 Å². The summed E-state index contributed by atoms with van der Waals surface area (Å²) in [5, 5.41) is 0. The predicted molar refractivity (Wildman–Crippen MR) is 66.7 cm³/mol. The molecule has 2 aliphatic rings. The highest BCUT2D eigenvalue weighted by molar-refractivity contribution is 5.98. The predicted octanol–water partition coefficient (Wildman–Crippen LogP) is 2.48. The maximum atomic E-state index is 10.8. The number of ketones is 2. The van der Waals surface area contributed by atoms with Gasteiger partial charge in [0.1, 0.15) is 0 Å². The van der Waals surface area contributed by atoms with E-state index in [1.165, 1.54) is 12.5 Å². The van der Waals surface area contributed by atoms with E-state index in [0.717, 1.165) is 18.4 Å². The largest absolute Gasteiger partial charge is 0.423 e. The van der Waals surface area contributed by atoms with Crippen LogP contribution in [0.5, 0.6) is 0 Å². The first-order chi connectivity index (χ1) is 8.41. The maximum Gasteiger partial charge on any atom is 0.308 e. The van der Waals surface area contributed by atoms with Crippen LogP contribution < -0.4 is 0 Å². The second-order valence-corrected chi connectivity index (χ2v) is 4.45. The van der Waals surface area contributed by atoms with Gasteiger partial charge in [0.15, 0.2) is 17.3 Å². The van der Waals surface area contributed by atoms with E-state index in [4.69, 9.17) is 0 Å². The number of esters is 1. The number of Topliss-reactive ketones (excluding diaryl/α,β-unsaturated/α-hetero) is 2. The average molecular weight is 250 g/mol. The number of hydrogen-bond acceptors (Lipinski definition) is 4. The second-order valence-electron chi connectivity index (χ2n) is 4.45. The molecule has 0 aromatic heterocycles. The highest BCUT2D eigenvalue weighted by Crippen LogP contribution is 2.20. The van der Waals surface area contributed by atoms with Gasteiger partial charge in [-0.2, -0.15) is 0 Å². The standard InChI is InChI=1S/C7H8O3.C7H10O/c1-5(8)10-7-4-2-3-6(7)9;1-5-3-4-7(8)6(5)2/h4H,2-3H2,1H3;3-4H2,1-2H3. The Morgan fingerprint density at radius 1 is 1.11 bits per heavy atom. The summed E-state index contributed by atoms with van der Waals surface area (Å²) in [5.74, 6) is 0.0479. The Morgan fingerprint density at radius 2 is 1.78 bits per heavy atom. The van der Waals surface area contributed by atoms with Crippen molar-refractivity contribution in [2.24, 2.45) is 0 Å². The number of hydrogen-bond donors (Lipinski definition) is 0. The molecule has 2 rings (SSSR count). The van der Waals surface area contributed by atoms with E-state index in [2.05, 4.69) is 4.74 Å². The molecule has 0 fully saturated rings. The molecule has 0 aromatic carbocycles. The molecule has 0 heterocycles. The smallest absolute Gasteiger partial charge is 0.308 e. The molecule has 0 aliphatic heterocycles. The van der Waals surface area contributed by atoms with E-state index in [1.807, 2.05) is 13.8 Å². The Balaban J connectivity index is 0.000000184. The number of allylic oxidation sites excluding steroid dienone is 4.